The molecular formula is C14H15BrN2O. The third-order valence-electron chi connectivity index (χ3n) is 2.41. The Labute approximate surface area is 115 Å². The van der Waals surface area contributed by atoms with E-state index in [2.05, 4.69) is 33.2 Å². The molecule has 0 fully saturated rings. The van der Waals surface area contributed by atoms with Crippen LogP contribution in [-0.4, -0.2) is 11.5 Å². The molecule has 0 saturated heterocycles. The van der Waals surface area contributed by atoms with E-state index in [1.807, 2.05) is 36.5 Å². The van der Waals surface area contributed by atoms with Crippen LogP contribution in [0.15, 0.2) is 47.2 Å². The molecule has 0 aliphatic carbocycles. The molecule has 3 nitrogen and oxygen atoms in total. The highest BCUT2D eigenvalue weighted by atomic mass is 79.9. The summed E-state index contributed by atoms with van der Waals surface area (Å²) in [6.07, 6.45) is 3.56. The Balaban J connectivity index is 2.12. The van der Waals surface area contributed by atoms with Crippen LogP contribution in [0.1, 0.15) is 12.5 Å². The summed E-state index contributed by atoms with van der Waals surface area (Å²) in [5.74, 6) is 1.54. The van der Waals surface area contributed by atoms with Gasteiger partial charge < -0.3 is 10.1 Å². The molecule has 1 N–H and O–H groups in total. The summed E-state index contributed by atoms with van der Waals surface area (Å²) in [5.41, 5.74) is 1.11. The number of halogens is 1. The second-order valence-corrected chi connectivity index (χ2v) is 4.70. The van der Waals surface area contributed by atoms with E-state index < -0.39 is 0 Å². The summed E-state index contributed by atoms with van der Waals surface area (Å²) in [5, 5.41) is 3.26. The highest BCUT2D eigenvalue weighted by Crippen LogP contribution is 2.28. The maximum Gasteiger partial charge on any atom is 0.146 e. The van der Waals surface area contributed by atoms with Gasteiger partial charge in [-0.3, -0.25) is 4.98 Å². The summed E-state index contributed by atoms with van der Waals surface area (Å²) < 4.78 is 6.73. The number of hydrogen-bond donors (Lipinski definition) is 1. The predicted molar refractivity (Wildman–Crippen MR) is 75.8 cm³/mol. The molecule has 1 heterocycles. The molecule has 0 aliphatic rings. The summed E-state index contributed by atoms with van der Waals surface area (Å²) in [6.45, 7) is 3.82. The van der Waals surface area contributed by atoms with Crippen molar-refractivity contribution in [3.8, 4) is 11.5 Å². The topological polar surface area (TPSA) is 34.2 Å². The number of pyridine rings is 1. The Morgan fingerprint density at radius 1 is 1.28 bits per heavy atom. The molecule has 94 valence electrons. The highest BCUT2D eigenvalue weighted by molar-refractivity contribution is 9.10. The number of aromatic nitrogens is 1. The molecule has 0 radical (unpaired) electrons. The Morgan fingerprint density at radius 3 is 2.89 bits per heavy atom. The number of rotatable bonds is 5. The average molecular weight is 307 g/mol. The third-order valence-corrected chi connectivity index (χ3v) is 3.07. The zero-order chi connectivity index (χ0) is 12.8. The molecule has 18 heavy (non-hydrogen) atoms. The molecule has 2 rings (SSSR count). The normalized spacial score (nSPS) is 10.3. The Bertz CT molecular complexity index is 517. The fourth-order valence-corrected chi connectivity index (χ4v) is 1.91. The molecule has 1 aromatic heterocycles. The van der Waals surface area contributed by atoms with Gasteiger partial charge in [-0.1, -0.05) is 19.1 Å². The largest absolute Gasteiger partial charge is 0.455 e. The number of ether oxygens (including phenoxy) is 1. The van der Waals surface area contributed by atoms with Crippen molar-refractivity contribution in [1.82, 2.24) is 10.3 Å². The van der Waals surface area contributed by atoms with Gasteiger partial charge in [0, 0.05) is 12.7 Å². The number of para-hydroxylation sites is 1. The SMILES string of the molecule is CCNCc1cncc(Oc2ccccc2Br)c1. The van der Waals surface area contributed by atoms with Crippen molar-refractivity contribution >= 4 is 15.9 Å². The number of benzene rings is 1. The van der Waals surface area contributed by atoms with Crippen molar-refractivity contribution in [3.63, 3.8) is 0 Å². The Kier molecular flexibility index (Phi) is 4.73. The van der Waals surface area contributed by atoms with Gasteiger partial charge >= 0.3 is 0 Å². The predicted octanol–water partition coefficient (Wildman–Crippen LogP) is 3.75. The molecule has 0 aliphatic heterocycles. The molecule has 0 atom stereocenters. The quantitative estimate of drug-likeness (QED) is 0.913. The zero-order valence-corrected chi connectivity index (χ0v) is 11.8. The van der Waals surface area contributed by atoms with Crippen LogP contribution < -0.4 is 10.1 Å². The lowest BCUT2D eigenvalue weighted by molar-refractivity contribution is 0.476. The first kappa shape index (κ1) is 13.1. The van der Waals surface area contributed by atoms with Crippen molar-refractivity contribution in [2.24, 2.45) is 0 Å². The highest BCUT2D eigenvalue weighted by Gasteiger charge is 2.02. The Morgan fingerprint density at radius 2 is 2.11 bits per heavy atom. The van der Waals surface area contributed by atoms with E-state index in [1.54, 1.807) is 6.20 Å². The second kappa shape index (κ2) is 6.52. The van der Waals surface area contributed by atoms with Gasteiger partial charge in [-0.2, -0.15) is 0 Å². The first-order chi connectivity index (χ1) is 8.79. The fourth-order valence-electron chi connectivity index (χ4n) is 1.54. The van der Waals surface area contributed by atoms with Gasteiger partial charge in [-0.05, 0) is 46.2 Å². The minimum absolute atomic E-state index is 0.748. The molecule has 1 aromatic carbocycles. The van der Waals surface area contributed by atoms with Gasteiger partial charge in [-0.25, -0.2) is 0 Å². The lowest BCUT2D eigenvalue weighted by Gasteiger charge is -2.08. The Hall–Kier alpha value is -1.39. The summed E-state index contributed by atoms with van der Waals surface area (Å²) in [7, 11) is 0. The monoisotopic (exact) mass is 306 g/mol. The van der Waals surface area contributed by atoms with E-state index in [0.29, 0.717) is 0 Å². The van der Waals surface area contributed by atoms with Gasteiger partial charge in [0.05, 0.1) is 10.7 Å². The van der Waals surface area contributed by atoms with E-state index in [9.17, 15) is 0 Å². The van der Waals surface area contributed by atoms with Crippen LogP contribution in [0.25, 0.3) is 0 Å². The van der Waals surface area contributed by atoms with Gasteiger partial charge in [0.1, 0.15) is 11.5 Å². The van der Waals surface area contributed by atoms with Gasteiger partial charge in [0.2, 0.25) is 0 Å². The van der Waals surface area contributed by atoms with Crippen LogP contribution in [0, 0.1) is 0 Å². The van der Waals surface area contributed by atoms with E-state index in [0.717, 1.165) is 34.6 Å². The van der Waals surface area contributed by atoms with E-state index in [4.69, 9.17) is 4.74 Å². The number of nitrogens with zero attached hydrogens (tertiary/aromatic N) is 1. The van der Waals surface area contributed by atoms with Crippen LogP contribution in [0.2, 0.25) is 0 Å². The molecule has 4 heteroatoms. The fraction of sp³-hybridized carbons (Fsp3) is 0.214. The molecule has 0 amide bonds. The van der Waals surface area contributed by atoms with Crippen molar-refractivity contribution in [3.05, 3.63) is 52.8 Å². The number of nitrogens with one attached hydrogen (secondary N) is 1. The summed E-state index contributed by atoms with van der Waals surface area (Å²) in [4.78, 5) is 4.18. The first-order valence-corrected chi connectivity index (χ1v) is 6.66. The maximum absolute atomic E-state index is 5.79. The minimum atomic E-state index is 0.748. The van der Waals surface area contributed by atoms with Crippen molar-refractivity contribution in [2.75, 3.05) is 6.54 Å². The van der Waals surface area contributed by atoms with Crippen molar-refractivity contribution in [2.45, 2.75) is 13.5 Å². The zero-order valence-electron chi connectivity index (χ0n) is 10.2. The van der Waals surface area contributed by atoms with Crippen LogP contribution >= 0.6 is 15.9 Å². The van der Waals surface area contributed by atoms with Crippen molar-refractivity contribution in [1.29, 1.82) is 0 Å². The first-order valence-electron chi connectivity index (χ1n) is 5.86. The molecule has 0 saturated carbocycles. The van der Waals surface area contributed by atoms with Gasteiger partial charge in [0.25, 0.3) is 0 Å². The van der Waals surface area contributed by atoms with E-state index >= 15 is 0 Å². The summed E-state index contributed by atoms with van der Waals surface area (Å²) in [6, 6.07) is 9.76. The van der Waals surface area contributed by atoms with Crippen LogP contribution in [0.5, 0.6) is 11.5 Å². The smallest absolute Gasteiger partial charge is 0.146 e. The van der Waals surface area contributed by atoms with Crippen molar-refractivity contribution < 1.29 is 4.74 Å². The van der Waals surface area contributed by atoms with E-state index in [1.165, 1.54) is 0 Å². The number of hydrogen-bond acceptors (Lipinski definition) is 3. The average Bonchev–Trinajstić information content (AvgIpc) is 2.40. The van der Waals surface area contributed by atoms with Crippen LogP contribution in [0.3, 0.4) is 0 Å². The molecule has 0 unspecified atom stereocenters. The standard InChI is InChI=1S/C14H15BrN2O/c1-2-16-8-11-7-12(10-17-9-11)18-14-6-4-3-5-13(14)15/h3-7,9-10,16H,2,8H2,1H3. The molecule has 0 bridgehead atoms. The van der Waals surface area contributed by atoms with Crippen LogP contribution in [-0.2, 0) is 6.54 Å². The lowest BCUT2D eigenvalue weighted by Crippen LogP contribution is -2.11. The third kappa shape index (κ3) is 3.55. The van der Waals surface area contributed by atoms with E-state index in [-0.39, 0.29) is 0 Å². The van der Waals surface area contributed by atoms with Gasteiger partial charge in [0.15, 0.2) is 0 Å². The minimum Gasteiger partial charge on any atom is -0.455 e. The molecule has 2 aromatic rings. The second-order valence-electron chi connectivity index (χ2n) is 3.84. The van der Waals surface area contributed by atoms with Crippen LogP contribution in [0.4, 0.5) is 0 Å². The summed E-state index contributed by atoms with van der Waals surface area (Å²) >= 11 is 3.46. The maximum atomic E-state index is 5.79. The van der Waals surface area contributed by atoms with Gasteiger partial charge in [-0.15, -0.1) is 0 Å². The molecule has 0 spiro atoms. The lowest BCUT2D eigenvalue weighted by atomic mass is 10.2. The molecular weight excluding hydrogens is 292 g/mol.